The van der Waals surface area contributed by atoms with E-state index in [2.05, 4.69) is 4.90 Å². The number of benzene rings is 1. The fourth-order valence-corrected chi connectivity index (χ4v) is 7.42. The van der Waals surface area contributed by atoms with Gasteiger partial charge in [0.15, 0.2) is 0 Å². The first kappa shape index (κ1) is 14.6. The Morgan fingerprint density at radius 2 is 2.22 bits per heavy atom. The zero-order valence-electron chi connectivity index (χ0n) is 14.7. The molecule has 3 saturated heterocycles. The molecule has 5 aliphatic heterocycles. The Bertz CT molecular complexity index is 974. The lowest BCUT2D eigenvalue weighted by molar-refractivity contribution is -0.384. The number of anilines is 1. The summed E-state index contributed by atoms with van der Waals surface area (Å²) in [5.41, 5.74) is 3.24. The van der Waals surface area contributed by atoms with E-state index in [0.717, 1.165) is 37.2 Å². The van der Waals surface area contributed by atoms with Crippen LogP contribution in [-0.4, -0.2) is 47.0 Å². The molecule has 5 heterocycles. The Kier molecular flexibility index (Phi) is 2.36. The Morgan fingerprint density at radius 1 is 1.33 bits per heavy atom. The molecule has 1 saturated carbocycles. The van der Waals surface area contributed by atoms with Gasteiger partial charge in [0.25, 0.3) is 5.69 Å². The zero-order valence-corrected chi connectivity index (χ0v) is 14.7. The van der Waals surface area contributed by atoms with Crippen LogP contribution in [0.1, 0.15) is 24.8 Å². The highest BCUT2D eigenvalue weighted by atomic mass is 16.6. The molecule has 0 radical (unpaired) electrons. The summed E-state index contributed by atoms with van der Waals surface area (Å²) in [5, 5.41) is 11.5. The number of nitro benzene ring substituents is 1. The maximum absolute atomic E-state index is 13.1. The topological polar surface area (TPSA) is 75.9 Å². The van der Waals surface area contributed by atoms with Crippen molar-refractivity contribution in [3.63, 3.8) is 0 Å². The highest BCUT2D eigenvalue weighted by Gasteiger charge is 2.71. The second-order valence-corrected chi connectivity index (χ2v) is 8.93. The lowest BCUT2D eigenvalue weighted by Crippen LogP contribution is -2.70. The first-order chi connectivity index (χ1) is 13.1. The minimum absolute atomic E-state index is 0.0539. The molecule has 0 unspecified atom stereocenters. The van der Waals surface area contributed by atoms with E-state index < -0.39 is 0 Å². The third-order valence-corrected chi connectivity index (χ3v) is 8.24. The summed E-state index contributed by atoms with van der Waals surface area (Å²) in [5.74, 6) is 0.871. The molecule has 138 valence electrons. The molecule has 1 spiro atoms. The third-order valence-electron chi connectivity index (χ3n) is 8.24. The van der Waals surface area contributed by atoms with Gasteiger partial charge < -0.3 is 9.64 Å². The van der Waals surface area contributed by atoms with Crippen molar-refractivity contribution in [1.82, 2.24) is 4.90 Å². The van der Waals surface area contributed by atoms with Crippen LogP contribution in [0.4, 0.5) is 11.4 Å². The van der Waals surface area contributed by atoms with Crippen LogP contribution in [0, 0.1) is 22.0 Å². The molecule has 7 heteroatoms. The first-order valence-electron chi connectivity index (χ1n) is 9.79. The van der Waals surface area contributed by atoms with Crippen molar-refractivity contribution >= 4 is 17.3 Å². The summed E-state index contributed by atoms with van der Waals surface area (Å²) in [6.07, 6.45) is 4.33. The van der Waals surface area contributed by atoms with Crippen molar-refractivity contribution in [2.24, 2.45) is 11.8 Å². The number of non-ortho nitro benzene ring substituents is 1. The quantitative estimate of drug-likeness (QED) is 0.562. The molecule has 4 fully saturated rings. The molecule has 7 nitrogen and oxygen atoms in total. The zero-order chi connectivity index (χ0) is 18.1. The normalized spacial score (nSPS) is 42.5. The Balaban J connectivity index is 1.54. The molecule has 7 rings (SSSR count). The molecule has 27 heavy (non-hydrogen) atoms. The van der Waals surface area contributed by atoms with E-state index in [9.17, 15) is 14.9 Å². The largest absolute Gasteiger partial charge is 0.497 e. The minimum atomic E-state index is -0.317. The fourth-order valence-electron chi connectivity index (χ4n) is 7.42. The number of nitro groups is 1. The van der Waals surface area contributed by atoms with Crippen molar-refractivity contribution in [3.05, 3.63) is 45.7 Å². The van der Waals surface area contributed by atoms with Gasteiger partial charge in [0.2, 0.25) is 5.91 Å². The summed E-state index contributed by atoms with van der Waals surface area (Å²) >= 11 is 0. The number of carbonyl (C=O) groups excluding carboxylic acids is 1. The van der Waals surface area contributed by atoms with E-state index in [4.69, 9.17) is 4.74 Å². The number of nitrogens with zero attached hydrogens (tertiary/aromatic N) is 3. The standard InChI is InChI=1S/C20H19N3O4/c24-17-7-15-18-12-6-16-20(3-4-21(16)8-10(12)9-27-15)13-5-11(23(25)26)1-2-14(13)22(17)19(18)20/h1-2,5,9,12,15-16,18-19H,3-4,6-8H2/t12-,15-,16+,18-,19+,20+/m0/s1. The minimum Gasteiger partial charge on any atom is -0.497 e. The van der Waals surface area contributed by atoms with Crippen LogP contribution >= 0.6 is 0 Å². The van der Waals surface area contributed by atoms with E-state index in [1.807, 2.05) is 17.2 Å². The van der Waals surface area contributed by atoms with E-state index in [1.54, 1.807) is 12.1 Å². The average molecular weight is 365 g/mol. The molecule has 1 aromatic carbocycles. The van der Waals surface area contributed by atoms with Gasteiger partial charge in [-0.25, -0.2) is 0 Å². The lowest BCUT2D eigenvalue weighted by atomic mass is 9.53. The first-order valence-corrected chi connectivity index (χ1v) is 9.79. The van der Waals surface area contributed by atoms with E-state index in [0.29, 0.717) is 24.3 Å². The van der Waals surface area contributed by atoms with Crippen molar-refractivity contribution in [2.45, 2.75) is 42.9 Å². The van der Waals surface area contributed by atoms with E-state index in [-0.39, 0.29) is 34.1 Å². The molecule has 6 aliphatic rings. The Morgan fingerprint density at radius 3 is 3.07 bits per heavy atom. The smallest absolute Gasteiger partial charge is 0.269 e. The average Bonchev–Trinajstić information content (AvgIpc) is 3.20. The van der Waals surface area contributed by atoms with E-state index >= 15 is 0 Å². The van der Waals surface area contributed by atoms with Crippen LogP contribution in [-0.2, 0) is 14.9 Å². The van der Waals surface area contributed by atoms with Gasteiger partial charge in [0.05, 0.1) is 23.6 Å². The van der Waals surface area contributed by atoms with Crippen molar-refractivity contribution in [1.29, 1.82) is 0 Å². The molecule has 1 aliphatic carbocycles. The fraction of sp³-hybridized carbons (Fsp3) is 0.550. The van der Waals surface area contributed by atoms with Crippen molar-refractivity contribution < 1.29 is 14.5 Å². The third kappa shape index (κ3) is 1.43. The lowest BCUT2D eigenvalue weighted by Gasteiger charge is -2.60. The van der Waals surface area contributed by atoms with E-state index in [1.165, 1.54) is 5.57 Å². The van der Waals surface area contributed by atoms with Crippen LogP contribution in [0.25, 0.3) is 0 Å². The van der Waals surface area contributed by atoms with Crippen molar-refractivity contribution in [3.8, 4) is 0 Å². The summed E-state index contributed by atoms with van der Waals surface area (Å²) < 4.78 is 6.08. The number of rotatable bonds is 1. The Labute approximate surface area is 155 Å². The summed E-state index contributed by atoms with van der Waals surface area (Å²) in [6.45, 7) is 1.91. The number of hydrogen-bond acceptors (Lipinski definition) is 5. The van der Waals surface area contributed by atoms with Gasteiger partial charge in [0, 0.05) is 41.7 Å². The number of hydrogen-bond donors (Lipinski definition) is 0. The highest BCUT2D eigenvalue weighted by Crippen LogP contribution is 2.66. The predicted molar refractivity (Wildman–Crippen MR) is 95.2 cm³/mol. The second kappa shape index (κ2) is 4.35. The van der Waals surface area contributed by atoms with Gasteiger partial charge in [0.1, 0.15) is 6.10 Å². The monoisotopic (exact) mass is 365 g/mol. The maximum Gasteiger partial charge on any atom is 0.269 e. The van der Waals surface area contributed by atoms with Gasteiger partial charge in [-0.3, -0.25) is 19.8 Å². The molecular weight excluding hydrogens is 346 g/mol. The highest BCUT2D eigenvalue weighted by molar-refractivity contribution is 5.99. The van der Waals surface area contributed by atoms with Crippen LogP contribution in [0.5, 0.6) is 0 Å². The molecular formula is C20H19N3O4. The molecule has 0 N–H and O–H groups in total. The number of ether oxygens (including phenoxy) is 1. The number of carbonyl (C=O) groups is 1. The summed E-state index contributed by atoms with van der Waals surface area (Å²) in [4.78, 5) is 28.8. The van der Waals surface area contributed by atoms with Gasteiger partial charge in [-0.2, -0.15) is 0 Å². The molecule has 1 aromatic rings. The molecule has 6 atom stereocenters. The number of fused-ring (bicyclic) bond motifs is 2. The van der Waals surface area contributed by atoms with Crippen LogP contribution in [0.15, 0.2) is 30.0 Å². The van der Waals surface area contributed by atoms with Crippen LogP contribution in [0.2, 0.25) is 0 Å². The van der Waals surface area contributed by atoms with Gasteiger partial charge in [-0.15, -0.1) is 0 Å². The van der Waals surface area contributed by atoms with Crippen LogP contribution in [0.3, 0.4) is 0 Å². The summed E-state index contributed by atoms with van der Waals surface area (Å²) in [6, 6.07) is 5.55. The second-order valence-electron chi connectivity index (χ2n) is 8.93. The van der Waals surface area contributed by atoms with Gasteiger partial charge in [-0.1, -0.05) is 0 Å². The molecule has 0 aromatic heterocycles. The van der Waals surface area contributed by atoms with Gasteiger partial charge >= 0.3 is 0 Å². The molecule has 2 bridgehead atoms. The van der Waals surface area contributed by atoms with Crippen molar-refractivity contribution in [2.75, 3.05) is 18.0 Å². The number of piperidine rings is 2. The predicted octanol–water partition coefficient (Wildman–Crippen LogP) is 1.96. The molecule has 1 amide bonds. The number of amides is 1. The van der Waals surface area contributed by atoms with Crippen LogP contribution < -0.4 is 4.90 Å². The SMILES string of the molecule is O=C1C[C@@H]2OC=C3CN4CC[C@]56c7cc([N+](=O)[O-])ccc7N1[C@@H]5[C@H]2[C@H]3C[C@@H]46. The summed E-state index contributed by atoms with van der Waals surface area (Å²) in [7, 11) is 0. The Hall–Kier alpha value is -2.41. The van der Waals surface area contributed by atoms with Gasteiger partial charge in [-0.05, 0) is 42.5 Å². The maximum atomic E-state index is 13.1.